The van der Waals surface area contributed by atoms with E-state index in [1.807, 2.05) is 18.2 Å². The summed E-state index contributed by atoms with van der Waals surface area (Å²) >= 11 is 17.2. The summed E-state index contributed by atoms with van der Waals surface area (Å²) in [6, 6.07) is 9.68. The number of hydrogen-bond donors (Lipinski definition) is 0. The molecule has 0 atom stereocenters. The first kappa shape index (κ1) is 14.2. The minimum absolute atomic E-state index is 0.529. The molecule has 102 valence electrons. The largest absolute Gasteiger partial charge is 0.489 e. The molecule has 1 aliphatic heterocycles. The Hall–Kier alpha value is -0.740. The number of hydrogen-bond acceptors (Lipinski definition) is 2. The molecule has 0 amide bonds. The van der Waals surface area contributed by atoms with Crippen molar-refractivity contribution in [2.24, 2.45) is 0 Å². The minimum atomic E-state index is 0.529. The van der Waals surface area contributed by atoms with Crippen molar-refractivity contribution < 1.29 is 4.74 Å². The standard InChI is InChI=1S/C15H9BrCl2OS/c1-8-15(9-2-3-11(17)12(18)6-9)10(7-19-8)13-4-5-14(16)20-13/h2-6H,1,7H2. The van der Waals surface area contributed by atoms with Gasteiger partial charge in [-0.1, -0.05) is 35.8 Å². The Morgan fingerprint density at radius 3 is 2.60 bits per heavy atom. The van der Waals surface area contributed by atoms with Crippen molar-refractivity contribution in [2.75, 3.05) is 6.61 Å². The summed E-state index contributed by atoms with van der Waals surface area (Å²) in [7, 11) is 0. The van der Waals surface area contributed by atoms with Gasteiger partial charge in [0, 0.05) is 16.0 Å². The highest BCUT2D eigenvalue weighted by Crippen LogP contribution is 2.42. The van der Waals surface area contributed by atoms with Crippen molar-refractivity contribution in [2.45, 2.75) is 0 Å². The highest BCUT2D eigenvalue weighted by Gasteiger charge is 2.24. The van der Waals surface area contributed by atoms with E-state index in [9.17, 15) is 0 Å². The molecule has 3 rings (SSSR count). The molecule has 20 heavy (non-hydrogen) atoms. The van der Waals surface area contributed by atoms with Crippen LogP contribution in [0.15, 0.2) is 46.5 Å². The van der Waals surface area contributed by atoms with E-state index < -0.39 is 0 Å². The summed E-state index contributed by atoms with van der Waals surface area (Å²) in [5.74, 6) is 0.669. The van der Waals surface area contributed by atoms with Crippen molar-refractivity contribution >= 4 is 61.6 Å². The van der Waals surface area contributed by atoms with Crippen molar-refractivity contribution in [1.82, 2.24) is 0 Å². The van der Waals surface area contributed by atoms with Crippen LogP contribution in [-0.2, 0) is 4.74 Å². The Bertz CT molecular complexity index is 733. The first-order valence-corrected chi connectivity index (χ1v) is 8.19. The molecular formula is C15H9BrCl2OS. The Kier molecular flexibility index (Phi) is 3.95. The normalized spacial score (nSPS) is 14.8. The summed E-state index contributed by atoms with van der Waals surface area (Å²) in [6.07, 6.45) is 0. The quantitative estimate of drug-likeness (QED) is 0.589. The van der Waals surface area contributed by atoms with Crippen LogP contribution in [0.1, 0.15) is 10.4 Å². The lowest BCUT2D eigenvalue weighted by Gasteiger charge is -2.06. The molecule has 0 N–H and O–H groups in total. The number of ether oxygens (including phenoxy) is 1. The van der Waals surface area contributed by atoms with Gasteiger partial charge in [0.15, 0.2) is 0 Å². The summed E-state index contributed by atoms with van der Waals surface area (Å²) in [4.78, 5) is 1.16. The second-order valence-corrected chi connectivity index (χ2v) is 7.58. The second kappa shape index (κ2) is 5.57. The van der Waals surface area contributed by atoms with Crippen LogP contribution in [0.4, 0.5) is 0 Å². The molecule has 0 unspecified atom stereocenters. The van der Waals surface area contributed by atoms with E-state index in [-0.39, 0.29) is 0 Å². The summed E-state index contributed by atoms with van der Waals surface area (Å²) < 4.78 is 6.70. The predicted octanol–water partition coefficient (Wildman–Crippen LogP) is 6.27. The smallest absolute Gasteiger partial charge is 0.120 e. The number of thiophene rings is 1. The van der Waals surface area contributed by atoms with Crippen molar-refractivity contribution in [1.29, 1.82) is 0 Å². The van der Waals surface area contributed by atoms with Crippen molar-refractivity contribution in [3.63, 3.8) is 0 Å². The average molecular weight is 388 g/mol. The van der Waals surface area contributed by atoms with Crippen LogP contribution >= 0.6 is 50.5 Å². The van der Waals surface area contributed by atoms with Crippen LogP contribution in [0.5, 0.6) is 0 Å². The molecule has 0 spiro atoms. The second-order valence-electron chi connectivity index (χ2n) is 4.30. The Balaban J connectivity index is 2.16. The maximum atomic E-state index is 6.11. The average Bonchev–Trinajstić information content (AvgIpc) is 2.99. The van der Waals surface area contributed by atoms with Gasteiger partial charge in [-0.05, 0) is 45.8 Å². The third-order valence-corrected chi connectivity index (χ3v) is 5.47. The molecule has 2 aromatic rings. The van der Waals surface area contributed by atoms with Crippen LogP contribution in [0.3, 0.4) is 0 Å². The number of allylic oxidation sites excluding steroid dienone is 1. The summed E-state index contributed by atoms with van der Waals surface area (Å²) in [5, 5.41) is 1.07. The SMILES string of the molecule is C=C1OCC(c2ccc(Br)s2)=C1c1ccc(Cl)c(Cl)c1. The van der Waals surface area contributed by atoms with Gasteiger partial charge in [0.05, 0.1) is 13.8 Å². The Labute approximate surface area is 139 Å². The molecule has 0 bridgehead atoms. The number of rotatable bonds is 2. The maximum Gasteiger partial charge on any atom is 0.120 e. The van der Waals surface area contributed by atoms with Crippen LogP contribution in [0.25, 0.3) is 11.1 Å². The van der Waals surface area contributed by atoms with E-state index in [1.165, 1.54) is 0 Å². The third-order valence-electron chi connectivity index (χ3n) is 3.05. The van der Waals surface area contributed by atoms with Crippen LogP contribution in [0.2, 0.25) is 10.0 Å². The fraction of sp³-hybridized carbons (Fsp3) is 0.0667. The number of benzene rings is 1. The molecule has 0 saturated heterocycles. The summed E-state index contributed by atoms with van der Waals surface area (Å²) in [5.41, 5.74) is 3.10. The van der Waals surface area contributed by atoms with E-state index in [0.717, 1.165) is 25.4 Å². The fourth-order valence-electron chi connectivity index (χ4n) is 2.13. The molecule has 2 heterocycles. The molecule has 0 fully saturated rings. The van der Waals surface area contributed by atoms with Gasteiger partial charge in [0.1, 0.15) is 12.4 Å². The van der Waals surface area contributed by atoms with Crippen molar-refractivity contribution in [3.05, 3.63) is 66.9 Å². The zero-order chi connectivity index (χ0) is 14.3. The molecule has 0 saturated carbocycles. The highest BCUT2D eigenvalue weighted by molar-refractivity contribution is 9.11. The maximum absolute atomic E-state index is 6.11. The summed E-state index contributed by atoms with van der Waals surface area (Å²) in [6.45, 7) is 4.51. The van der Waals surface area contributed by atoms with E-state index in [4.69, 9.17) is 27.9 Å². The van der Waals surface area contributed by atoms with E-state index >= 15 is 0 Å². The van der Waals surface area contributed by atoms with Crippen LogP contribution in [0, 0.1) is 0 Å². The van der Waals surface area contributed by atoms with Gasteiger partial charge in [-0.3, -0.25) is 0 Å². The third kappa shape index (κ3) is 2.56. The molecule has 5 heteroatoms. The predicted molar refractivity (Wildman–Crippen MR) is 90.4 cm³/mol. The minimum Gasteiger partial charge on any atom is -0.489 e. The molecule has 1 nitrogen and oxygen atoms in total. The van der Waals surface area contributed by atoms with Gasteiger partial charge in [0.2, 0.25) is 0 Å². The lowest BCUT2D eigenvalue weighted by Crippen LogP contribution is -1.87. The first-order valence-electron chi connectivity index (χ1n) is 5.82. The molecular weight excluding hydrogens is 379 g/mol. The molecule has 1 aromatic heterocycles. The van der Waals surface area contributed by atoms with Gasteiger partial charge in [-0.25, -0.2) is 0 Å². The lowest BCUT2D eigenvalue weighted by atomic mass is 10.00. The van der Waals surface area contributed by atoms with Crippen molar-refractivity contribution in [3.8, 4) is 0 Å². The zero-order valence-corrected chi connectivity index (χ0v) is 14.2. The first-order chi connectivity index (χ1) is 9.56. The fourth-order valence-corrected chi connectivity index (χ4v) is 3.85. The topological polar surface area (TPSA) is 9.23 Å². The van der Waals surface area contributed by atoms with Gasteiger partial charge in [0.25, 0.3) is 0 Å². The van der Waals surface area contributed by atoms with Gasteiger partial charge in [-0.2, -0.15) is 0 Å². The zero-order valence-electron chi connectivity index (χ0n) is 10.3. The van der Waals surface area contributed by atoms with E-state index in [2.05, 4.69) is 28.6 Å². The molecule has 0 aliphatic carbocycles. The van der Waals surface area contributed by atoms with Crippen LogP contribution < -0.4 is 0 Å². The van der Waals surface area contributed by atoms with E-state index in [0.29, 0.717) is 22.4 Å². The van der Waals surface area contributed by atoms with Gasteiger partial charge < -0.3 is 4.74 Å². The highest BCUT2D eigenvalue weighted by atomic mass is 79.9. The Morgan fingerprint density at radius 2 is 1.95 bits per heavy atom. The monoisotopic (exact) mass is 386 g/mol. The lowest BCUT2D eigenvalue weighted by molar-refractivity contribution is 0.286. The molecule has 0 radical (unpaired) electrons. The molecule has 1 aromatic carbocycles. The van der Waals surface area contributed by atoms with Crippen LogP contribution in [-0.4, -0.2) is 6.61 Å². The molecule has 1 aliphatic rings. The Morgan fingerprint density at radius 1 is 1.15 bits per heavy atom. The van der Waals surface area contributed by atoms with E-state index in [1.54, 1.807) is 17.4 Å². The van der Waals surface area contributed by atoms with Gasteiger partial charge >= 0.3 is 0 Å². The number of halogens is 3. The van der Waals surface area contributed by atoms with Gasteiger partial charge in [-0.15, -0.1) is 11.3 Å².